The molecule has 9 N–H and O–H groups in total. The van der Waals surface area contributed by atoms with Gasteiger partial charge in [-0.05, 0) is 55.4 Å². The Balaban J connectivity index is 1.26. The van der Waals surface area contributed by atoms with Crippen LogP contribution in [0.1, 0.15) is 64.2 Å². The van der Waals surface area contributed by atoms with Gasteiger partial charge in [0.2, 0.25) is 23.9 Å². The van der Waals surface area contributed by atoms with Crippen LogP contribution in [0.2, 0.25) is 0 Å². The summed E-state index contributed by atoms with van der Waals surface area (Å²) in [6.45, 7) is 2.58. The van der Waals surface area contributed by atoms with Gasteiger partial charge in [0.25, 0.3) is 11.8 Å². The lowest BCUT2D eigenvalue weighted by molar-refractivity contribution is -0.141. The maximum Gasteiger partial charge on any atom is 0.508 e. The molecule has 4 rings (SSSR count). The van der Waals surface area contributed by atoms with E-state index in [1.165, 1.54) is 36.4 Å². The summed E-state index contributed by atoms with van der Waals surface area (Å²) < 4.78 is 45.0. The molecule has 3 heterocycles. The van der Waals surface area contributed by atoms with Crippen molar-refractivity contribution in [3.05, 3.63) is 64.7 Å². The number of rotatable bonds is 21. The Morgan fingerprint density at radius 3 is 2.28 bits per heavy atom. The van der Waals surface area contributed by atoms with Crippen LogP contribution in [-0.4, -0.2) is 111 Å². The number of nitrogens with one attached hydrogen (secondary N) is 4. The van der Waals surface area contributed by atoms with Gasteiger partial charge in [0, 0.05) is 43.5 Å². The molecule has 1 unspecified atom stereocenters. The molecule has 1 aromatic heterocycles. The summed E-state index contributed by atoms with van der Waals surface area (Å²) in [5.74, 6) is -6.95. The number of anilines is 2. The number of carbonyl (C=O) groups is 7. The molecule has 0 bridgehead atoms. The minimum absolute atomic E-state index is 0.0700. The summed E-state index contributed by atoms with van der Waals surface area (Å²) in [6, 6.07) is 4.13. The number of nitrogens with two attached hydrogens (primary N) is 2. The average Bonchev–Trinajstić information content (AvgIpc) is 3.64. The fourth-order valence-electron chi connectivity index (χ4n) is 6.17. The van der Waals surface area contributed by atoms with E-state index in [0.29, 0.717) is 29.4 Å². The number of halogens is 2. The number of benzene rings is 1. The highest BCUT2D eigenvalue weighted by Gasteiger charge is 2.60. The molecule has 0 spiro atoms. The van der Waals surface area contributed by atoms with Crippen LogP contribution < -0.4 is 38.4 Å². The number of nitrogen functional groups attached to an aromatic ring is 1. The van der Waals surface area contributed by atoms with Gasteiger partial charge >= 0.3 is 23.8 Å². The van der Waals surface area contributed by atoms with Gasteiger partial charge in [-0.25, -0.2) is 14.4 Å². The standard InChI is InChI=1S/C38H49F2N9O12/c1-21(2)30(47-27(50)8-4-3-5-17-48-28(51)13-14-29(48)52)33(55)45-24(7-6-16-43-35(42)56)32(54)44-23-11-9-22(10-12-23)19-59-37(58)60-20-25-31(53)38(39,40)34(61-25)49-18-15-26(41)46-36(49)57/h9-15,18,21,24-25,30-31,34,53H,3-8,16-17,19-20H2,1-2H3,(H,44,54)(H,45,55)(H,47,50)(H2,41,46,57)(H3,42,43,56)/t24-,25+,30?,31+,34+/m0/s1. The summed E-state index contributed by atoms with van der Waals surface area (Å²) in [6.07, 6.45) is -2.48. The van der Waals surface area contributed by atoms with Crippen molar-refractivity contribution >= 4 is 53.2 Å². The smallest absolute Gasteiger partial charge is 0.431 e. The number of unbranched alkanes of at least 4 members (excludes halogenated alkanes) is 2. The second-order valence-electron chi connectivity index (χ2n) is 14.5. The third-order valence-corrected chi connectivity index (χ3v) is 9.48. The first kappa shape index (κ1) is 47.2. The van der Waals surface area contributed by atoms with Gasteiger partial charge in [0.05, 0.1) is 0 Å². The van der Waals surface area contributed by atoms with Crippen molar-refractivity contribution in [2.75, 3.05) is 30.7 Å². The van der Waals surface area contributed by atoms with Gasteiger partial charge in [0.1, 0.15) is 37.2 Å². The molecule has 23 heteroatoms. The van der Waals surface area contributed by atoms with E-state index in [4.69, 9.17) is 25.7 Å². The zero-order chi connectivity index (χ0) is 44.9. The summed E-state index contributed by atoms with van der Waals surface area (Å²) in [4.78, 5) is 103. The number of aliphatic hydroxyl groups excluding tert-OH is 1. The van der Waals surface area contributed by atoms with E-state index < -0.39 is 78.6 Å². The lowest BCUT2D eigenvalue weighted by Crippen LogP contribution is -2.54. The number of ether oxygens (including phenoxy) is 3. The molecule has 1 saturated heterocycles. The molecule has 2 aromatic rings. The molecular weight excluding hydrogens is 812 g/mol. The number of nitrogens with zero attached hydrogens (tertiary/aromatic N) is 3. The minimum atomic E-state index is -3.96. The first-order chi connectivity index (χ1) is 28.9. The Hall–Kier alpha value is -6.49. The molecule has 0 aliphatic carbocycles. The fourth-order valence-corrected chi connectivity index (χ4v) is 6.17. The van der Waals surface area contributed by atoms with Gasteiger partial charge in [-0.1, -0.05) is 32.4 Å². The number of aromatic nitrogens is 2. The van der Waals surface area contributed by atoms with E-state index in [0.717, 1.165) is 17.2 Å². The Bertz CT molecular complexity index is 2000. The van der Waals surface area contributed by atoms with Crippen LogP contribution in [0.25, 0.3) is 0 Å². The predicted molar refractivity (Wildman–Crippen MR) is 209 cm³/mol. The topological polar surface area (TPSA) is 306 Å². The van der Waals surface area contributed by atoms with E-state index >= 15 is 0 Å². The van der Waals surface area contributed by atoms with Crippen molar-refractivity contribution in [2.45, 2.75) is 95.4 Å². The second-order valence-corrected chi connectivity index (χ2v) is 14.5. The van der Waals surface area contributed by atoms with E-state index in [-0.39, 0.29) is 68.2 Å². The van der Waals surface area contributed by atoms with Crippen LogP contribution in [0.4, 0.5) is 29.9 Å². The van der Waals surface area contributed by atoms with Crippen LogP contribution in [-0.2, 0) is 44.8 Å². The number of imide groups is 1. The minimum Gasteiger partial charge on any atom is -0.431 e. The highest BCUT2D eigenvalue weighted by atomic mass is 19.3. The quantitative estimate of drug-likeness (QED) is 0.0513. The Labute approximate surface area is 347 Å². The predicted octanol–water partition coefficient (Wildman–Crippen LogP) is 0.571. The number of amides is 7. The monoisotopic (exact) mass is 861 g/mol. The number of hydrogen-bond acceptors (Lipinski definition) is 14. The van der Waals surface area contributed by atoms with Crippen molar-refractivity contribution in [1.29, 1.82) is 0 Å². The zero-order valence-electron chi connectivity index (χ0n) is 33.3. The SMILES string of the molecule is CC(C)C(NC(=O)CCCCCN1C(=O)C=CC1=O)C(=O)N[C@@H](CCCNC(N)=O)C(=O)Nc1ccc(COC(=O)OC[C@H]2O[C@@H](n3ccc(N)nc3=O)C(F)(F)[C@@H]2O)cc1. The number of alkyl halides is 2. The fraction of sp³-hybridized carbons (Fsp3) is 0.500. The van der Waals surface area contributed by atoms with E-state index in [1.807, 2.05) is 0 Å². The average molecular weight is 862 g/mol. The van der Waals surface area contributed by atoms with Crippen LogP contribution in [0.5, 0.6) is 0 Å². The molecule has 2 aliphatic heterocycles. The zero-order valence-corrected chi connectivity index (χ0v) is 33.3. The summed E-state index contributed by atoms with van der Waals surface area (Å²) >= 11 is 0. The molecule has 5 atom stereocenters. The molecular formula is C38H49F2N9O12. The van der Waals surface area contributed by atoms with Gasteiger partial charge < -0.3 is 52.1 Å². The second kappa shape index (κ2) is 21.7. The molecule has 0 saturated carbocycles. The van der Waals surface area contributed by atoms with Crippen LogP contribution in [0.3, 0.4) is 0 Å². The van der Waals surface area contributed by atoms with Crippen molar-refractivity contribution in [3.8, 4) is 0 Å². The Morgan fingerprint density at radius 1 is 0.951 bits per heavy atom. The maximum absolute atomic E-state index is 14.8. The van der Waals surface area contributed by atoms with Gasteiger partial charge in [-0.15, -0.1) is 0 Å². The summed E-state index contributed by atoms with van der Waals surface area (Å²) in [5.41, 5.74) is 10.1. The highest BCUT2D eigenvalue weighted by molar-refractivity contribution is 6.12. The van der Waals surface area contributed by atoms with Crippen molar-refractivity contribution in [1.82, 2.24) is 30.4 Å². The molecule has 7 amide bonds. The van der Waals surface area contributed by atoms with Crippen LogP contribution >= 0.6 is 0 Å². The van der Waals surface area contributed by atoms with Gasteiger partial charge in [0.15, 0.2) is 6.10 Å². The molecule has 1 fully saturated rings. The molecule has 0 radical (unpaired) electrons. The number of aliphatic hydroxyl groups is 1. The first-order valence-corrected chi connectivity index (χ1v) is 19.3. The van der Waals surface area contributed by atoms with Crippen molar-refractivity contribution < 1.29 is 61.7 Å². The third-order valence-electron chi connectivity index (χ3n) is 9.48. The molecule has 332 valence electrons. The van der Waals surface area contributed by atoms with Crippen LogP contribution in [0, 0.1) is 5.92 Å². The summed E-state index contributed by atoms with van der Waals surface area (Å²) in [5, 5.41) is 20.6. The van der Waals surface area contributed by atoms with Crippen LogP contribution in [0.15, 0.2) is 53.5 Å². The number of urea groups is 1. The Morgan fingerprint density at radius 2 is 1.64 bits per heavy atom. The molecule has 61 heavy (non-hydrogen) atoms. The number of primary amides is 1. The lowest BCUT2D eigenvalue weighted by atomic mass is 10.0. The molecule has 1 aromatic carbocycles. The highest BCUT2D eigenvalue weighted by Crippen LogP contribution is 2.42. The van der Waals surface area contributed by atoms with Gasteiger partial charge in [-0.2, -0.15) is 13.8 Å². The van der Waals surface area contributed by atoms with Crippen molar-refractivity contribution in [3.63, 3.8) is 0 Å². The molecule has 21 nitrogen and oxygen atoms in total. The van der Waals surface area contributed by atoms with E-state index in [1.54, 1.807) is 13.8 Å². The summed E-state index contributed by atoms with van der Waals surface area (Å²) in [7, 11) is 0. The maximum atomic E-state index is 14.8. The number of carbonyl (C=O) groups excluding carboxylic acids is 7. The molecule has 2 aliphatic rings. The third kappa shape index (κ3) is 13.5. The largest absolute Gasteiger partial charge is 0.508 e. The lowest BCUT2D eigenvalue weighted by Gasteiger charge is -2.25. The first-order valence-electron chi connectivity index (χ1n) is 19.3. The number of hydrogen-bond donors (Lipinski definition) is 7. The van der Waals surface area contributed by atoms with Gasteiger partial charge in [-0.3, -0.25) is 33.4 Å². The Kier molecular flexibility index (Phi) is 16.8. The normalized spacial score (nSPS) is 19.0. The van der Waals surface area contributed by atoms with Crippen molar-refractivity contribution in [2.24, 2.45) is 11.7 Å². The van der Waals surface area contributed by atoms with E-state index in [9.17, 15) is 52.2 Å². The van der Waals surface area contributed by atoms with E-state index in [2.05, 4.69) is 26.3 Å².